The molecule has 0 amide bonds. The van der Waals surface area contributed by atoms with Crippen LogP contribution in [-0.4, -0.2) is 61.6 Å². The molecule has 0 unspecified atom stereocenters. The number of hydrogen-bond acceptors (Lipinski definition) is 3. The number of guanidine groups is 1. The molecule has 148 valence electrons. The van der Waals surface area contributed by atoms with Crippen LogP contribution in [0.1, 0.15) is 45.7 Å². The van der Waals surface area contributed by atoms with Gasteiger partial charge in [0.2, 0.25) is 0 Å². The van der Waals surface area contributed by atoms with Crippen molar-refractivity contribution < 1.29 is 0 Å². The minimum absolute atomic E-state index is 0.553. The van der Waals surface area contributed by atoms with Crippen molar-refractivity contribution in [1.29, 1.82) is 0 Å². The lowest BCUT2D eigenvalue weighted by Crippen LogP contribution is -2.45. The average molecular weight is 362 g/mol. The average Bonchev–Trinajstić information content (AvgIpc) is 2.56. The summed E-state index contributed by atoms with van der Waals surface area (Å²) in [5, 5.41) is 6.80. The smallest absolute Gasteiger partial charge is 0.191 e. The quantitative estimate of drug-likeness (QED) is 0.497. The molecule has 0 heterocycles. The van der Waals surface area contributed by atoms with Gasteiger partial charge in [-0.05, 0) is 59.8 Å². The summed E-state index contributed by atoms with van der Waals surface area (Å²) in [5.74, 6) is 0.886. The summed E-state index contributed by atoms with van der Waals surface area (Å²) in [5.41, 5.74) is 2.56. The Balaban J connectivity index is 2.57. The van der Waals surface area contributed by atoms with Crippen LogP contribution < -0.4 is 10.6 Å². The highest BCUT2D eigenvalue weighted by Gasteiger charge is 2.12. The Morgan fingerprint density at radius 2 is 1.54 bits per heavy atom. The Labute approximate surface area is 160 Å². The summed E-state index contributed by atoms with van der Waals surface area (Å²) in [7, 11) is 4.18. The minimum atomic E-state index is 0.553. The largest absolute Gasteiger partial charge is 0.357 e. The fraction of sp³-hybridized carbons (Fsp3) is 0.667. The lowest BCUT2D eigenvalue weighted by molar-refractivity contribution is 0.178. The van der Waals surface area contributed by atoms with Crippen LogP contribution in [0.5, 0.6) is 0 Å². The van der Waals surface area contributed by atoms with Gasteiger partial charge < -0.3 is 15.5 Å². The molecular formula is C21H39N5. The maximum atomic E-state index is 4.73. The second-order valence-corrected chi connectivity index (χ2v) is 7.60. The molecule has 5 heteroatoms. The van der Waals surface area contributed by atoms with Crippen LogP contribution in [0.3, 0.4) is 0 Å². The zero-order valence-corrected chi connectivity index (χ0v) is 17.8. The summed E-state index contributed by atoms with van der Waals surface area (Å²) in [6, 6.07) is 9.83. The van der Waals surface area contributed by atoms with E-state index in [9.17, 15) is 0 Å². The van der Waals surface area contributed by atoms with E-state index in [0.29, 0.717) is 18.6 Å². The van der Waals surface area contributed by atoms with E-state index in [0.717, 1.165) is 32.1 Å². The Morgan fingerprint density at radius 3 is 2.04 bits per heavy atom. The molecule has 0 spiro atoms. The summed E-state index contributed by atoms with van der Waals surface area (Å²) in [4.78, 5) is 9.39. The van der Waals surface area contributed by atoms with Gasteiger partial charge in [0, 0.05) is 38.3 Å². The van der Waals surface area contributed by atoms with Gasteiger partial charge in [0.25, 0.3) is 0 Å². The van der Waals surface area contributed by atoms with Gasteiger partial charge in [0.05, 0.1) is 6.54 Å². The predicted octanol–water partition coefficient (Wildman–Crippen LogP) is 2.92. The third-order valence-corrected chi connectivity index (χ3v) is 4.27. The number of aliphatic imine (C=N–C) groups is 1. The maximum Gasteiger partial charge on any atom is 0.191 e. The number of rotatable bonds is 10. The molecular weight excluding hydrogens is 322 g/mol. The van der Waals surface area contributed by atoms with Crippen LogP contribution in [0, 0.1) is 0 Å². The minimum Gasteiger partial charge on any atom is -0.357 e. The highest BCUT2D eigenvalue weighted by Crippen LogP contribution is 2.07. The first-order valence-electron chi connectivity index (χ1n) is 9.84. The Hall–Kier alpha value is -1.59. The summed E-state index contributed by atoms with van der Waals surface area (Å²) >= 11 is 0. The molecule has 26 heavy (non-hydrogen) atoms. The summed E-state index contributed by atoms with van der Waals surface area (Å²) in [6.07, 6.45) is 0. The zero-order valence-electron chi connectivity index (χ0n) is 17.8. The Bertz CT molecular complexity index is 512. The third kappa shape index (κ3) is 8.68. The van der Waals surface area contributed by atoms with E-state index in [2.05, 4.69) is 93.4 Å². The second-order valence-electron chi connectivity index (χ2n) is 7.60. The third-order valence-electron chi connectivity index (χ3n) is 4.27. The maximum absolute atomic E-state index is 4.73. The van der Waals surface area contributed by atoms with Crippen LogP contribution in [0.4, 0.5) is 0 Å². The fourth-order valence-electron chi connectivity index (χ4n) is 3.04. The van der Waals surface area contributed by atoms with Gasteiger partial charge in [-0.2, -0.15) is 0 Å². The molecule has 1 aromatic rings. The molecule has 0 atom stereocenters. The van der Waals surface area contributed by atoms with Crippen molar-refractivity contribution in [2.45, 2.75) is 59.8 Å². The number of nitrogens with zero attached hydrogens (tertiary/aromatic N) is 3. The zero-order chi connectivity index (χ0) is 19.5. The number of benzene rings is 1. The molecule has 1 rings (SSSR count). The van der Waals surface area contributed by atoms with E-state index in [1.54, 1.807) is 0 Å². The monoisotopic (exact) mass is 361 g/mol. The van der Waals surface area contributed by atoms with Crippen molar-refractivity contribution in [2.75, 3.05) is 33.7 Å². The van der Waals surface area contributed by atoms with E-state index in [1.165, 1.54) is 11.1 Å². The van der Waals surface area contributed by atoms with Crippen LogP contribution in [0.2, 0.25) is 0 Å². The van der Waals surface area contributed by atoms with Crippen LogP contribution >= 0.6 is 0 Å². The summed E-state index contributed by atoms with van der Waals surface area (Å²) < 4.78 is 0. The number of hydrogen-bond donors (Lipinski definition) is 2. The summed E-state index contributed by atoms with van der Waals surface area (Å²) in [6.45, 7) is 15.5. The second kappa shape index (κ2) is 11.9. The fourth-order valence-corrected chi connectivity index (χ4v) is 3.04. The highest BCUT2D eigenvalue weighted by atomic mass is 15.2. The molecule has 0 saturated heterocycles. The normalized spacial score (nSPS) is 12.5. The van der Waals surface area contributed by atoms with Gasteiger partial charge in [-0.15, -0.1) is 0 Å². The lowest BCUT2D eigenvalue weighted by atomic mass is 10.1. The molecule has 0 aliphatic carbocycles. The van der Waals surface area contributed by atoms with Gasteiger partial charge in [-0.3, -0.25) is 4.90 Å². The van der Waals surface area contributed by atoms with E-state index in [4.69, 9.17) is 4.99 Å². The standard InChI is InChI=1S/C21H39N5/c1-8-22-21(23-13-14-26(17(2)3)18(4)5)24-15-19-9-11-20(12-10-19)16-25(6)7/h9-12,17-18H,8,13-16H2,1-7H3,(H2,22,23,24). The molecule has 2 N–H and O–H groups in total. The molecule has 1 aromatic carbocycles. The first-order valence-corrected chi connectivity index (χ1v) is 9.84. The van der Waals surface area contributed by atoms with Crippen molar-refractivity contribution in [1.82, 2.24) is 20.4 Å². The van der Waals surface area contributed by atoms with Crippen molar-refractivity contribution in [3.63, 3.8) is 0 Å². The Morgan fingerprint density at radius 1 is 0.962 bits per heavy atom. The molecule has 0 radical (unpaired) electrons. The molecule has 0 saturated carbocycles. The van der Waals surface area contributed by atoms with Crippen molar-refractivity contribution in [3.05, 3.63) is 35.4 Å². The van der Waals surface area contributed by atoms with E-state index in [-0.39, 0.29) is 0 Å². The first-order chi connectivity index (χ1) is 12.3. The van der Waals surface area contributed by atoms with Crippen molar-refractivity contribution >= 4 is 5.96 Å². The molecule has 0 aromatic heterocycles. The van der Waals surface area contributed by atoms with Crippen molar-refractivity contribution in [2.24, 2.45) is 4.99 Å². The SMILES string of the molecule is CCNC(=NCc1ccc(CN(C)C)cc1)NCCN(C(C)C)C(C)C. The molecule has 0 bridgehead atoms. The number of nitrogens with one attached hydrogen (secondary N) is 2. The highest BCUT2D eigenvalue weighted by molar-refractivity contribution is 5.79. The van der Waals surface area contributed by atoms with E-state index < -0.39 is 0 Å². The van der Waals surface area contributed by atoms with E-state index in [1.807, 2.05) is 0 Å². The van der Waals surface area contributed by atoms with Crippen LogP contribution in [-0.2, 0) is 13.1 Å². The predicted molar refractivity (Wildman–Crippen MR) is 114 cm³/mol. The molecule has 5 nitrogen and oxygen atoms in total. The molecule has 0 fully saturated rings. The van der Waals surface area contributed by atoms with Crippen molar-refractivity contribution in [3.8, 4) is 0 Å². The van der Waals surface area contributed by atoms with Gasteiger partial charge in [0.1, 0.15) is 0 Å². The molecule has 0 aliphatic heterocycles. The van der Waals surface area contributed by atoms with Gasteiger partial charge in [0.15, 0.2) is 5.96 Å². The van der Waals surface area contributed by atoms with Gasteiger partial charge in [-0.1, -0.05) is 24.3 Å². The lowest BCUT2D eigenvalue weighted by Gasteiger charge is -2.30. The van der Waals surface area contributed by atoms with Crippen LogP contribution in [0.25, 0.3) is 0 Å². The van der Waals surface area contributed by atoms with E-state index >= 15 is 0 Å². The van der Waals surface area contributed by atoms with Gasteiger partial charge >= 0.3 is 0 Å². The first kappa shape index (κ1) is 22.5. The molecule has 0 aliphatic rings. The Kier molecular flexibility index (Phi) is 10.3. The van der Waals surface area contributed by atoms with Gasteiger partial charge in [-0.25, -0.2) is 4.99 Å². The van der Waals surface area contributed by atoms with Crippen LogP contribution in [0.15, 0.2) is 29.3 Å². The topological polar surface area (TPSA) is 42.9 Å².